The Morgan fingerprint density at radius 2 is 2.25 bits per heavy atom. The third-order valence-electron chi connectivity index (χ3n) is 2.41. The lowest BCUT2D eigenvalue weighted by Crippen LogP contribution is -2.13. The molecule has 0 amide bonds. The number of benzene rings is 1. The van der Waals surface area contributed by atoms with Crippen molar-refractivity contribution in [3.8, 4) is 0 Å². The maximum atomic E-state index is 12.0. The van der Waals surface area contributed by atoms with E-state index in [1.165, 1.54) is 0 Å². The quantitative estimate of drug-likeness (QED) is 0.770. The number of ketones is 1. The molecule has 88 valence electrons. The topological polar surface area (TPSA) is 26.3 Å². The molecule has 0 aliphatic rings. The summed E-state index contributed by atoms with van der Waals surface area (Å²) in [6, 6.07) is 5.23. The van der Waals surface area contributed by atoms with Crippen molar-refractivity contribution in [1.82, 2.24) is 0 Å². The Bertz CT molecular complexity index is 379. The molecule has 0 bridgehead atoms. The zero-order chi connectivity index (χ0) is 12.1. The molecule has 1 unspecified atom stereocenters. The smallest absolute Gasteiger partial charge is 0.165 e. The lowest BCUT2D eigenvalue weighted by atomic mass is 9.97. The van der Waals surface area contributed by atoms with Gasteiger partial charge in [-0.05, 0) is 40.5 Å². The van der Waals surface area contributed by atoms with Crippen LogP contribution in [0.5, 0.6) is 0 Å². The van der Waals surface area contributed by atoms with Gasteiger partial charge < -0.3 is 4.74 Å². The molecule has 0 aliphatic heterocycles. The van der Waals surface area contributed by atoms with Gasteiger partial charge in [-0.25, -0.2) is 0 Å². The zero-order valence-electron chi connectivity index (χ0n) is 9.30. The molecular weight excluding hydrogens is 291 g/mol. The van der Waals surface area contributed by atoms with Gasteiger partial charge in [0.1, 0.15) is 0 Å². The minimum atomic E-state index is -0.0342. The van der Waals surface area contributed by atoms with Gasteiger partial charge in [0.2, 0.25) is 0 Å². The molecule has 1 aromatic carbocycles. The lowest BCUT2D eigenvalue weighted by Gasteiger charge is -2.10. The Morgan fingerprint density at radius 3 is 2.81 bits per heavy atom. The van der Waals surface area contributed by atoms with E-state index in [2.05, 4.69) is 15.9 Å². The van der Waals surface area contributed by atoms with E-state index >= 15 is 0 Å². The van der Waals surface area contributed by atoms with Crippen molar-refractivity contribution in [2.24, 2.45) is 5.92 Å². The van der Waals surface area contributed by atoms with E-state index in [0.29, 0.717) is 17.2 Å². The van der Waals surface area contributed by atoms with E-state index in [1.807, 2.05) is 6.92 Å². The molecule has 0 saturated heterocycles. The van der Waals surface area contributed by atoms with Crippen molar-refractivity contribution >= 4 is 33.3 Å². The Morgan fingerprint density at radius 1 is 1.56 bits per heavy atom. The van der Waals surface area contributed by atoms with Crippen LogP contribution in [0.1, 0.15) is 23.7 Å². The first-order valence-corrected chi connectivity index (χ1v) is 6.21. The summed E-state index contributed by atoms with van der Waals surface area (Å²) in [6.07, 6.45) is 0.732. The van der Waals surface area contributed by atoms with Crippen molar-refractivity contribution < 1.29 is 9.53 Å². The first-order chi connectivity index (χ1) is 7.56. The lowest BCUT2D eigenvalue weighted by molar-refractivity contribution is 0.0893. The third-order valence-corrected chi connectivity index (χ3v) is 3.62. The summed E-state index contributed by atoms with van der Waals surface area (Å²) in [5, 5.41) is 0.612. The molecule has 1 rings (SSSR count). The van der Waals surface area contributed by atoms with Crippen LogP contribution < -0.4 is 0 Å². The number of ether oxygens (including phenoxy) is 1. The second kappa shape index (κ2) is 6.38. The molecule has 0 fully saturated rings. The van der Waals surface area contributed by atoms with Gasteiger partial charge in [0, 0.05) is 29.7 Å². The molecule has 0 spiro atoms. The summed E-state index contributed by atoms with van der Waals surface area (Å²) >= 11 is 9.18. The molecule has 1 atom stereocenters. The van der Waals surface area contributed by atoms with E-state index in [0.717, 1.165) is 10.9 Å². The van der Waals surface area contributed by atoms with E-state index in [4.69, 9.17) is 16.3 Å². The third kappa shape index (κ3) is 3.58. The van der Waals surface area contributed by atoms with Crippen LogP contribution in [-0.2, 0) is 4.74 Å². The van der Waals surface area contributed by atoms with Crippen LogP contribution in [0.3, 0.4) is 0 Å². The highest BCUT2D eigenvalue weighted by Gasteiger charge is 2.15. The van der Waals surface area contributed by atoms with Gasteiger partial charge in [-0.1, -0.05) is 18.5 Å². The first-order valence-electron chi connectivity index (χ1n) is 5.04. The van der Waals surface area contributed by atoms with Gasteiger partial charge in [0.05, 0.1) is 5.02 Å². The van der Waals surface area contributed by atoms with Crippen LogP contribution in [0, 0.1) is 5.92 Å². The maximum absolute atomic E-state index is 12.0. The summed E-state index contributed by atoms with van der Waals surface area (Å²) in [6.45, 7) is 2.51. The second-order valence-electron chi connectivity index (χ2n) is 3.68. The van der Waals surface area contributed by atoms with E-state index in [9.17, 15) is 4.79 Å². The molecule has 0 heterocycles. The predicted molar refractivity (Wildman–Crippen MR) is 69.1 cm³/mol. The summed E-state index contributed by atoms with van der Waals surface area (Å²) in [7, 11) is 1.63. The van der Waals surface area contributed by atoms with E-state index in [-0.39, 0.29) is 11.7 Å². The average Bonchev–Trinajstić information content (AvgIpc) is 2.28. The predicted octanol–water partition coefficient (Wildman–Crippen LogP) is 3.96. The fourth-order valence-corrected chi connectivity index (χ4v) is 1.86. The SMILES string of the molecule is COCCC(C)C(=O)c1ccc(Cl)c(Br)c1. The van der Waals surface area contributed by atoms with Crippen LogP contribution in [0.2, 0.25) is 5.02 Å². The average molecular weight is 306 g/mol. The number of carbonyl (C=O) groups excluding carboxylic acids is 1. The van der Waals surface area contributed by atoms with Gasteiger partial charge in [-0.2, -0.15) is 0 Å². The van der Waals surface area contributed by atoms with Gasteiger partial charge in [-0.15, -0.1) is 0 Å². The number of carbonyl (C=O) groups is 1. The normalized spacial score (nSPS) is 12.5. The fourth-order valence-electron chi connectivity index (χ4n) is 1.36. The highest BCUT2D eigenvalue weighted by Crippen LogP contribution is 2.24. The summed E-state index contributed by atoms with van der Waals surface area (Å²) in [5.41, 5.74) is 0.680. The van der Waals surface area contributed by atoms with Crippen LogP contribution in [-0.4, -0.2) is 19.5 Å². The van der Waals surface area contributed by atoms with E-state index in [1.54, 1.807) is 25.3 Å². The van der Waals surface area contributed by atoms with E-state index < -0.39 is 0 Å². The van der Waals surface area contributed by atoms with Crippen molar-refractivity contribution in [2.75, 3.05) is 13.7 Å². The largest absolute Gasteiger partial charge is 0.385 e. The summed E-state index contributed by atoms with van der Waals surface area (Å²) in [5.74, 6) is 0.0856. The minimum Gasteiger partial charge on any atom is -0.385 e. The van der Waals surface area contributed by atoms with Gasteiger partial charge in [0.25, 0.3) is 0 Å². The maximum Gasteiger partial charge on any atom is 0.165 e. The van der Waals surface area contributed by atoms with Crippen LogP contribution >= 0.6 is 27.5 Å². The molecular formula is C12H14BrClO2. The van der Waals surface area contributed by atoms with Gasteiger partial charge >= 0.3 is 0 Å². The fraction of sp³-hybridized carbons (Fsp3) is 0.417. The Hall–Kier alpha value is -0.380. The molecule has 0 aromatic heterocycles. The zero-order valence-corrected chi connectivity index (χ0v) is 11.6. The van der Waals surface area contributed by atoms with Crippen LogP contribution in [0.15, 0.2) is 22.7 Å². The number of methoxy groups -OCH3 is 1. The van der Waals surface area contributed by atoms with Crippen molar-refractivity contribution in [1.29, 1.82) is 0 Å². The highest BCUT2D eigenvalue weighted by atomic mass is 79.9. The van der Waals surface area contributed by atoms with Gasteiger partial charge in [-0.3, -0.25) is 4.79 Å². The molecule has 0 saturated carbocycles. The van der Waals surface area contributed by atoms with Crippen molar-refractivity contribution in [2.45, 2.75) is 13.3 Å². The molecule has 0 aliphatic carbocycles. The van der Waals surface area contributed by atoms with Crippen LogP contribution in [0.25, 0.3) is 0 Å². The molecule has 0 N–H and O–H groups in total. The number of Topliss-reactive ketones (excluding diaryl/α,β-unsaturated/α-hetero) is 1. The minimum absolute atomic E-state index is 0.0342. The summed E-state index contributed by atoms with van der Waals surface area (Å²) < 4.78 is 5.71. The second-order valence-corrected chi connectivity index (χ2v) is 4.94. The number of halogens is 2. The highest BCUT2D eigenvalue weighted by molar-refractivity contribution is 9.10. The number of rotatable bonds is 5. The Labute approximate surface area is 109 Å². The monoisotopic (exact) mass is 304 g/mol. The molecule has 16 heavy (non-hydrogen) atoms. The molecule has 4 heteroatoms. The summed E-state index contributed by atoms with van der Waals surface area (Å²) in [4.78, 5) is 12.0. The number of hydrogen-bond acceptors (Lipinski definition) is 2. The Balaban J connectivity index is 2.76. The number of hydrogen-bond donors (Lipinski definition) is 0. The van der Waals surface area contributed by atoms with Crippen molar-refractivity contribution in [3.05, 3.63) is 33.3 Å². The standard InChI is InChI=1S/C12H14BrClO2/c1-8(5-6-16-2)12(15)9-3-4-11(14)10(13)7-9/h3-4,7-8H,5-6H2,1-2H3. The van der Waals surface area contributed by atoms with Crippen molar-refractivity contribution in [3.63, 3.8) is 0 Å². The van der Waals surface area contributed by atoms with Gasteiger partial charge in [0.15, 0.2) is 5.78 Å². The molecule has 0 radical (unpaired) electrons. The first kappa shape index (κ1) is 13.7. The molecule has 1 aromatic rings. The Kier molecular flexibility index (Phi) is 5.46. The van der Waals surface area contributed by atoms with Crippen LogP contribution in [0.4, 0.5) is 0 Å². The molecule has 2 nitrogen and oxygen atoms in total.